The fraction of sp³-hybridized carbons (Fsp3) is 0.722. The molecule has 0 aliphatic carbocycles. The van der Waals surface area contributed by atoms with Crippen molar-refractivity contribution >= 4 is 5.82 Å². The number of aromatic nitrogens is 1. The third kappa shape index (κ3) is 6.31. The molecule has 0 spiro atoms. The Hall–Kier alpha value is -1.42. The fourth-order valence-corrected chi connectivity index (χ4v) is 3.28. The van der Waals surface area contributed by atoms with Crippen LogP contribution in [0, 0.1) is 0 Å². The van der Waals surface area contributed by atoms with Crippen molar-refractivity contribution in [3.63, 3.8) is 0 Å². The first-order valence-corrected chi connectivity index (χ1v) is 9.18. The average molecular weight is 391 g/mol. The zero-order valence-corrected chi connectivity index (χ0v) is 15.4. The highest BCUT2D eigenvalue weighted by atomic mass is 19.4. The molecule has 2 saturated heterocycles. The molecule has 1 unspecified atom stereocenters. The molecule has 6 nitrogen and oxygen atoms in total. The number of hydrogen-bond donors (Lipinski definition) is 3. The van der Waals surface area contributed by atoms with E-state index in [1.807, 2.05) is 16.8 Å². The minimum absolute atomic E-state index is 0.00611. The average Bonchev–Trinajstić information content (AvgIpc) is 2.65. The molecule has 0 saturated carbocycles. The highest BCUT2D eigenvalue weighted by molar-refractivity contribution is 5.40. The van der Waals surface area contributed by atoms with Gasteiger partial charge < -0.3 is 20.2 Å². The summed E-state index contributed by atoms with van der Waals surface area (Å²) >= 11 is 0. The molecule has 9 heteroatoms. The lowest BCUT2D eigenvalue weighted by Gasteiger charge is -2.37. The zero-order chi connectivity index (χ0) is 20.0. The first-order valence-electron chi connectivity index (χ1n) is 9.18. The summed E-state index contributed by atoms with van der Waals surface area (Å²) in [5, 5.41) is 27.2. The van der Waals surface area contributed by atoms with Crippen LogP contribution in [0.4, 0.5) is 19.0 Å². The molecule has 3 atom stereocenters. The number of pyridine rings is 1. The molecule has 3 heterocycles. The molecule has 2 aliphatic heterocycles. The monoisotopic (exact) mass is 391 g/mol. The number of alkyl halides is 3. The molecule has 0 radical (unpaired) electrons. The van der Waals surface area contributed by atoms with Gasteiger partial charge >= 0.3 is 6.18 Å². The molecule has 2 fully saturated rings. The number of aliphatic hydroxyl groups is 3. The summed E-state index contributed by atoms with van der Waals surface area (Å²) in [6.07, 6.45) is -2.04. The lowest BCUT2D eigenvalue weighted by molar-refractivity contribution is -0.141. The van der Waals surface area contributed by atoms with Crippen molar-refractivity contribution in [2.24, 2.45) is 0 Å². The van der Waals surface area contributed by atoms with Crippen LogP contribution in [-0.2, 0) is 6.18 Å². The summed E-state index contributed by atoms with van der Waals surface area (Å²) in [5.41, 5.74) is -0.810. The maximum Gasteiger partial charge on any atom is 0.433 e. The Labute approximate surface area is 157 Å². The second kappa shape index (κ2) is 9.68. The van der Waals surface area contributed by atoms with Gasteiger partial charge in [-0.1, -0.05) is 6.07 Å². The molecule has 154 valence electrons. The third-order valence-electron chi connectivity index (χ3n) is 4.97. The Bertz CT molecular complexity index is 582. The molecule has 27 heavy (non-hydrogen) atoms. The van der Waals surface area contributed by atoms with Gasteiger partial charge in [0.25, 0.3) is 0 Å². The number of halogens is 3. The molecule has 3 N–H and O–H groups in total. The van der Waals surface area contributed by atoms with E-state index < -0.39 is 24.1 Å². The van der Waals surface area contributed by atoms with Crippen LogP contribution in [0.1, 0.15) is 31.4 Å². The molecular formula is C18H28F3N3O3. The minimum atomic E-state index is -4.36. The number of likely N-dealkylation sites (N-methyl/N-ethyl adjacent to an activating group) is 1. The van der Waals surface area contributed by atoms with Gasteiger partial charge in [0.2, 0.25) is 0 Å². The van der Waals surface area contributed by atoms with Crippen LogP contribution in [0.2, 0.25) is 0 Å². The number of aliphatic hydroxyl groups excluding tert-OH is 3. The smallest absolute Gasteiger partial charge is 0.395 e. The number of hydrogen-bond acceptors (Lipinski definition) is 6. The van der Waals surface area contributed by atoms with E-state index in [4.69, 9.17) is 5.11 Å². The summed E-state index contributed by atoms with van der Waals surface area (Å²) in [5.74, 6) is 0.439. The number of likely N-dealkylation sites (tertiary alicyclic amines) is 1. The number of nitrogens with zero attached hydrogens (tertiary/aromatic N) is 3. The van der Waals surface area contributed by atoms with Gasteiger partial charge in [0, 0.05) is 25.7 Å². The standard InChI is InChI=1S/C11H13F3N2.C7H15NO3/c12-11(13,14)9-5-4-6-10(15-9)16-7-2-1-3-8-16;1-8-3-7(11)6(10)2-5(8)4-9/h4-6H,1-3,7-8H2;5-7,9-11H,2-4H2,1H3/t;5-,6?,7+/m.1/s1. The lowest BCUT2D eigenvalue weighted by Crippen LogP contribution is -2.51. The van der Waals surface area contributed by atoms with Crippen molar-refractivity contribution in [3.8, 4) is 0 Å². The van der Waals surface area contributed by atoms with Crippen molar-refractivity contribution in [2.75, 3.05) is 38.2 Å². The van der Waals surface area contributed by atoms with Gasteiger partial charge in [-0.15, -0.1) is 0 Å². The molecule has 3 rings (SSSR count). The van der Waals surface area contributed by atoms with Gasteiger partial charge in [-0.2, -0.15) is 13.2 Å². The maximum absolute atomic E-state index is 12.5. The van der Waals surface area contributed by atoms with E-state index in [-0.39, 0.29) is 12.6 Å². The SMILES string of the molecule is CN1C[C@H](O)C(O)C[C@@H]1CO.FC(F)(F)c1cccc(N2CCCCC2)n1. The van der Waals surface area contributed by atoms with Crippen molar-refractivity contribution in [2.45, 2.75) is 50.1 Å². The largest absolute Gasteiger partial charge is 0.433 e. The zero-order valence-electron chi connectivity index (χ0n) is 15.4. The second-order valence-corrected chi connectivity index (χ2v) is 7.07. The Kier molecular flexibility index (Phi) is 7.84. The summed E-state index contributed by atoms with van der Waals surface area (Å²) in [6.45, 7) is 2.08. The number of β-amino-alcohol motifs (C(OH)–C–C–N with tert-alkyl or cyclic N) is 1. The second-order valence-electron chi connectivity index (χ2n) is 7.07. The molecule has 0 amide bonds. The highest BCUT2D eigenvalue weighted by Crippen LogP contribution is 2.29. The fourth-order valence-electron chi connectivity index (χ4n) is 3.28. The predicted molar refractivity (Wildman–Crippen MR) is 95.4 cm³/mol. The van der Waals surface area contributed by atoms with Crippen LogP contribution in [0.3, 0.4) is 0 Å². The van der Waals surface area contributed by atoms with Crippen LogP contribution in [0.25, 0.3) is 0 Å². The Morgan fingerprint density at radius 2 is 1.78 bits per heavy atom. The van der Waals surface area contributed by atoms with Gasteiger partial charge in [-0.25, -0.2) is 4.98 Å². The highest BCUT2D eigenvalue weighted by Gasteiger charge is 2.33. The van der Waals surface area contributed by atoms with Gasteiger partial charge in [-0.3, -0.25) is 4.90 Å². The summed E-state index contributed by atoms with van der Waals surface area (Å²) < 4.78 is 37.4. The Balaban J connectivity index is 0.000000208. The first kappa shape index (κ1) is 21.9. The summed E-state index contributed by atoms with van der Waals surface area (Å²) in [6, 6.07) is 4.06. The van der Waals surface area contributed by atoms with Crippen molar-refractivity contribution in [3.05, 3.63) is 23.9 Å². The van der Waals surface area contributed by atoms with Gasteiger partial charge in [-0.05, 0) is 44.9 Å². The van der Waals surface area contributed by atoms with E-state index in [1.54, 1.807) is 6.07 Å². The summed E-state index contributed by atoms with van der Waals surface area (Å²) in [7, 11) is 1.83. The molecule has 1 aromatic heterocycles. The van der Waals surface area contributed by atoms with Crippen LogP contribution < -0.4 is 4.90 Å². The lowest BCUT2D eigenvalue weighted by atomic mass is 9.98. The topological polar surface area (TPSA) is 80.1 Å². The van der Waals surface area contributed by atoms with Crippen LogP contribution in [0.5, 0.6) is 0 Å². The minimum Gasteiger partial charge on any atom is -0.395 e. The van der Waals surface area contributed by atoms with Crippen molar-refractivity contribution in [1.29, 1.82) is 0 Å². The Morgan fingerprint density at radius 3 is 2.37 bits per heavy atom. The number of anilines is 1. The van der Waals surface area contributed by atoms with Crippen LogP contribution >= 0.6 is 0 Å². The van der Waals surface area contributed by atoms with Crippen molar-refractivity contribution in [1.82, 2.24) is 9.88 Å². The van der Waals surface area contributed by atoms with Crippen molar-refractivity contribution < 1.29 is 28.5 Å². The molecular weight excluding hydrogens is 363 g/mol. The quantitative estimate of drug-likeness (QED) is 0.709. The van der Waals surface area contributed by atoms with Crippen LogP contribution in [-0.4, -0.2) is 76.7 Å². The number of rotatable bonds is 2. The Morgan fingerprint density at radius 1 is 1.11 bits per heavy atom. The van der Waals surface area contributed by atoms with E-state index in [9.17, 15) is 23.4 Å². The number of piperidine rings is 2. The first-order chi connectivity index (χ1) is 12.7. The van der Waals surface area contributed by atoms with E-state index >= 15 is 0 Å². The maximum atomic E-state index is 12.5. The van der Waals surface area contributed by atoms with E-state index in [2.05, 4.69) is 4.98 Å². The molecule has 1 aromatic rings. The van der Waals surface area contributed by atoms with E-state index in [0.717, 1.165) is 38.4 Å². The molecule has 2 aliphatic rings. The van der Waals surface area contributed by atoms with E-state index in [0.29, 0.717) is 18.8 Å². The van der Waals surface area contributed by atoms with Gasteiger partial charge in [0.15, 0.2) is 0 Å². The van der Waals surface area contributed by atoms with E-state index in [1.165, 1.54) is 6.07 Å². The predicted octanol–water partition coefficient (Wildman–Crippen LogP) is 1.50. The van der Waals surface area contributed by atoms with Gasteiger partial charge in [0.05, 0.1) is 18.8 Å². The van der Waals surface area contributed by atoms with Gasteiger partial charge in [0.1, 0.15) is 11.5 Å². The molecule has 0 bridgehead atoms. The summed E-state index contributed by atoms with van der Waals surface area (Å²) in [4.78, 5) is 7.44. The normalized spacial score (nSPS) is 27.1. The third-order valence-corrected chi connectivity index (χ3v) is 4.97. The van der Waals surface area contributed by atoms with Crippen LogP contribution in [0.15, 0.2) is 18.2 Å². The molecule has 0 aromatic carbocycles.